The minimum atomic E-state index is -0.0399. The Morgan fingerprint density at radius 2 is 2.11 bits per heavy atom. The molecule has 0 unspecified atom stereocenters. The highest BCUT2D eigenvalue weighted by Gasteiger charge is 2.10. The third-order valence-electron chi connectivity index (χ3n) is 2.13. The van der Waals surface area contributed by atoms with E-state index in [1.807, 2.05) is 37.3 Å². The molecule has 0 spiro atoms. The van der Waals surface area contributed by atoms with Crippen molar-refractivity contribution >= 4 is 17.7 Å². The van der Waals surface area contributed by atoms with Gasteiger partial charge in [-0.15, -0.1) is 10.2 Å². The molecule has 0 fully saturated rings. The van der Waals surface area contributed by atoms with Gasteiger partial charge in [0, 0.05) is 12.1 Å². The van der Waals surface area contributed by atoms with Crippen molar-refractivity contribution < 1.29 is 9.21 Å². The van der Waals surface area contributed by atoms with E-state index >= 15 is 0 Å². The van der Waals surface area contributed by atoms with Crippen molar-refractivity contribution in [3.8, 4) is 11.5 Å². The molecular weight excluding hydrogens is 250 g/mol. The largest absolute Gasteiger partial charge is 0.411 e. The summed E-state index contributed by atoms with van der Waals surface area (Å²) in [5.41, 5.74) is 0.870. The van der Waals surface area contributed by atoms with E-state index in [0.29, 0.717) is 17.7 Å². The van der Waals surface area contributed by atoms with Crippen molar-refractivity contribution in [1.82, 2.24) is 15.5 Å². The fraction of sp³-hybridized carbons (Fsp3) is 0.250. The van der Waals surface area contributed by atoms with Crippen molar-refractivity contribution in [2.45, 2.75) is 12.1 Å². The molecule has 94 valence electrons. The van der Waals surface area contributed by atoms with Crippen molar-refractivity contribution in [2.24, 2.45) is 0 Å². The molecule has 0 aliphatic heterocycles. The second-order valence-electron chi connectivity index (χ2n) is 3.48. The van der Waals surface area contributed by atoms with E-state index in [0.717, 1.165) is 5.56 Å². The molecule has 1 aromatic heterocycles. The van der Waals surface area contributed by atoms with E-state index in [4.69, 9.17) is 4.42 Å². The topological polar surface area (TPSA) is 68.0 Å². The van der Waals surface area contributed by atoms with Gasteiger partial charge in [0.2, 0.25) is 11.8 Å². The first kappa shape index (κ1) is 12.6. The highest BCUT2D eigenvalue weighted by atomic mass is 32.2. The van der Waals surface area contributed by atoms with Gasteiger partial charge in [-0.25, -0.2) is 0 Å². The van der Waals surface area contributed by atoms with Gasteiger partial charge < -0.3 is 9.73 Å². The number of hydrogen-bond acceptors (Lipinski definition) is 5. The first-order chi connectivity index (χ1) is 8.79. The summed E-state index contributed by atoms with van der Waals surface area (Å²) in [6, 6.07) is 9.52. The highest BCUT2D eigenvalue weighted by molar-refractivity contribution is 7.99. The number of carbonyl (C=O) groups is 1. The molecule has 0 atom stereocenters. The summed E-state index contributed by atoms with van der Waals surface area (Å²) in [7, 11) is 0. The van der Waals surface area contributed by atoms with E-state index in [1.54, 1.807) is 0 Å². The van der Waals surface area contributed by atoms with Crippen LogP contribution in [0, 0.1) is 0 Å². The molecule has 2 rings (SSSR count). The Hall–Kier alpha value is -1.82. The van der Waals surface area contributed by atoms with E-state index < -0.39 is 0 Å². The number of nitrogens with zero attached hydrogens (tertiary/aromatic N) is 2. The van der Waals surface area contributed by atoms with Crippen LogP contribution in [-0.2, 0) is 4.79 Å². The monoisotopic (exact) mass is 263 g/mol. The summed E-state index contributed by atoms with van der Waals surface area (Å²) in [4.78, 5) is 11.3. The molecule has 6 heteroatoms. The van der Waals surface area contributed by atoms with Gasteiger partial charge in [-0.2, -0.15) is 0 Å². The number of benzene rings is 1. The van der Waals surface area contributed by atoms with Crippen molar-refractivity contribution in [1.29, 1.82) is 0 Å². The molecule has 0 radical (unpaired) electrons. The lowest BCUT2D eigenvalue weighted by atomic mass is 10.2. The second-order valence-corrected chi connectivity index (χ2v) is 4.41. The van der Waals surface area contributed by atoms with Crippen LogP contribution < -0.4 is 5.32 Å². The molecule has 0 saturated carbocycles. The third-order valence-corrected chi connectivity index (χ3v) is 2.95. The Kier molecular flexibility index (Phi) is 4.35. The maximum atomic E-state index is 11.3. The Bertz CT molecular complexity index is 513. The Morgan fingerprint density at radius 3 is 2.83 bits per heavy atom. The average Bonchev–Trinajstić information content (AvgIpc) is 2.87. The van der Waals surface area contributed by atoms with E-state index in [2.05, 4.69) is 15.5 Å². The molecule has 2 aromatic rings. The normalized spacial score (nSPS) is 10.3. The molecule has 18 heavy (non-hydrogen) atoms. The molecule has 1 aromatic carbocycles. The molecule has 0 saturated heterocycles. The van der Waals surface area contributed by atoms with Gasteiger partial charge in [-0.05, 0) is 19.1 Å². The minimum absolute atomic E-state index is 0.0399. The van der Waals surface area contributed by atoms with Gasteiger partial charge in [-0.3, -0.25) is 4.79 Å². The molecule has 1 N–H and O–H groups in total. The SMILES string of the molecule is CCNC(=O)CSc1nnc(-c2ccccc2)o1. The summed E-state index contributed by atoms with van der Waals surface area (Å²) in [5, 5.41) is 10.9. The Morgan fingerprint density at radius 1 is 1.33 bits per heavy atom. The fourth-order valence-corrected chi connectivity index (χ4v) is 1.93. The molecule has 1 amide bonds. The number of aromatic nitrogens is 2. The number of rotatable bonds is 5. The van der Waals surface area contributed by atoms with Gasteiger partial charge in [0.05, 0.1) is 5.75 Å². The molecule has 0 bridgehead atoms. The first-order valence-corrected chi connectivity index (χ1v) is 6.56. The zero-order valence-corrected chi connectivity index (χ0v) is 10.7. The van der Waals surface area contributed by atoms with Gasteiger partial charge in [0.15, 0.2) is 0 Å². The second kappa shape index (κ2) is 6.20. The lowest BCUT2D eigenvalue weighted by Crippen LogP contribution is -2.24. The zero-order valence-electron chi connectivity index (χ0n) is 9.92. The van der Waals surface area contributed by atoms with Crippen molar-refractivity contribution in [3.63, 3.8) is 0 Å². The number of amides is 1. The standard InChI is InChI=1S/C12H13N3O2S/c1-2-13-10(16)8-18-12-15-14-11(17-12)9-6-4-3-5-7-9/h3-7H,2,8H2,1H3,(H,13,16). The van der Waals surface area contributed by atoms with Gasteiger partial charge in [-0.1, -0.05) is 30.0 Å². The van der Waals surface area contributed by atoms with Gasteiger partial charge in [0.25, 0.3) is 5.22 Å². The first-order valence-electron chi connectivity index (χ1n) is 5.58. The summed E-state index contributed by atoms with van der Waals surface area (Å²) >= 11 is 1.23. The zero-order chi connectivity index (χ0) is 12.8. The maximum Gasteiger partial charge on any atom is 0.277 e. The van der Waals surface area contributed by atoms with E-state index in [9.17, 15) is 4.79 Å². The number of nitrogens with one attached hydrogen (secondary N) is 1. The van der Waals surface area contributed by atoms with Crippen LogP contribution in [0.5, 0.6) is 0 Å². The highest BCUT2D eigenvalue weighted by Crippen LogP contribution is 2.22. The molecule has 1 heterocycles. The van der Waals surface area contributed by atoms with Crippen LogP contribution in [0.2, 0.25) is 0 Å². The predicted octanol–water partition coefficient (Wildman–Crippen LogP) is 1.96. The van der Waals surface area contributed by atoms with Crippen LogP contribution in [0.1, 0.15) is 6.92 Å². The molecule has 5 nitrogen and oxygen atoms in total. The van der Waals surface area contributed by atoms with Gasteiger partial charge >= 0.3 is 0 Å². The van der Waals surface area contributed by atoms with Crippen molar-refractivity contribution in [2.75, 3.05) is 12.3 Å². The Balaban J connectivity index is 1.97. The fourth-order valence-electron chi connectivity index (χ4n) is 1.34. The van der Waals surface area contributed by atoms with Gasteiger partial charge in [0.1, 0.15) is 0 Å². The average molecular weight is 263 g/mol. The van der Waals surface area contributed by atoms with Crippen LogP contribution in [0.25, 0.3) is 11.5 Å². The summed E-state index contributed by atoms with van der Waals surface area (Å²) in [5.74, 6) is 0.709. The summed E-state index contributed by atoms with van der Waals surface area (Å²) < 4.78 is 5.46. The minimum Gasteiger partial charge on any atom is -0.411 e. The smallest absolute Gasteiger partial charge is 0.277 e. The van der Waals surface area contributed by atoms with Crippen LogP contribution in [0.3, 0.4) is 0 Å². The number of hydrogen-bond donors (Lipinski definition) is 1. The third kappa shape index (κ3) is 3.33. The Labute approximate surface area is 109 Å². The summed E-state index contributed by atoms with van der Waals surface area (Å²) in [6.45, 7) is 2.50. The maximum absolute atomic E-state index is 11.3. The van der Waals surface area contributed by atoms with Crippen molar-refractivity contribution in [3.05, 3.63) is 30.3 Å². The quantitative estimate of drug-likeness (QED) is 0.835. The summed E-state index contributed by atoms with van der Waals surface area (Å²) in [6.07, 6.45) is 0. The van der Waals surface area contributed by atoms with E-state index in [1.165, 1.54) is 11.8 Å². The number of thioether (sulfide) groups is 1. The van der Waals surface area contributed by atoms with Crippen LogP contribution >= 0.6 is 11.8 Å². The lowest BCUT2D eigenvalue weighted by molar-refractivity contribution is -0.118. The number of carbonyl (C=O) groups excluding carboxylic acids is 1. The van der Waals surface area contributed by atoms with Crippen LogP contribution in [0.15, 0.2) is 40.0 Å². The molecule has 0 aliphatic carbocycles. The van der Waals surface area contributed by atoms with Crippen LogP contribution in [-0.4, -0.2) is 28.4 Å². The van der Waals surface area contributed by atoms with E-state index in [-0.39, 0.29) is 11.7 Å². The molecule has 0 aliphatic rings. The predicted molar refractivity (Wildman–Crippen MR) is 69.1 cm³/mol. The molecular formula is C12H13N3O2S. The lowest BCUT2D eigenvalue weighted by Gasteiger charge is -1.98. The van der Waals surface area contributed by atoms with Crippen LogP contribution in [0.4, 0.5) is 0 Å².